The number of para-hydroxylation sites is 2. The lowest BCUT2D eigenvalue weighted by atomic mass is 9.90. The molecule has 0 unspecified atom stereocenters. The number of hydrogen-bond acceptors (Lipinski definition) is 5. The van der Waals surface area contributed by atoms with Gasteiger partial charge in [0.05, 0.1) is 17.4 Å². The number of amides is 2. The highest BCUT2D eigenvalue weighted by atomic mass is 16.7. The molecule has 2 aliphatic rings. The van der Waals surface area contributed by atoms with E-state index in [2.05, 4.69) is 30.9 Å². The highest BCUT2D eigenvalue weighted by Crippen LogP contribution is 2.47. The van der Waals surface area contributed by atoms with Crippen molar-refractivity contribution in [2.24, 2.45) is 5.92 Å². The van der Waals surface area contributed by atoms with Crippen molar-refractivity contribution in [2.45, 2.75) is 26.0 Å². The number of nitrogens with zero attached hydrogens (tertiary/aromatic N) is 3. The second kappa shape index (κ2) is 8.71. The van der Waals surface area contributed by atoms with Crippen molar-refractivity contribution in [3.8, 4) is 0 Å². The van der Waals surface area contributed by atoms with Crippen molar-refractivity contribution in [2.75, 3.05) is 28.0 Å². The second-order valence-electron chi connectivity index (χ2n) is 8.27. The number of rotatable bonds is 6. The van der Waals surface area contributed by atoms with E-state index in [9.17, 15) is 9.59 Å². The van der Waals surface area contributed by atoms with Gasteiger partial charge in [-0.05, 0) is 55.8 Å². The van der Waals surface area contributed by atoms with Crippen molar-refractivity contribution in [1.29, 1.82) is 0 Å². The molecule has 2 saturated heterocycles. The van der Waals surface area contributed by atoms with Crippen molar-refractivity contribution < 1.29 is 14.4 Å². The normalized spacial score (nSPS) is 22.1. The summed E-state index contributed by atoms with van der Waals surface area (Å²) in [5.74, 6) is -1.18. The van der Waals surface area contributed by atoms with E-state index in [-0.39, 0.29) is 11.8 Å². The zero-order valence-electron chi connectivity index (χ0n) is 18.8. The minimum Gasteiger partial charge on any atom is -0.372 e. The minimum atomic E-state index is -0.856. The first-order valence-electron chi connectivity index (χ1n) is 11.4. The summed E-state index contributed by atoms with van der Waals surface area (Å²) >= 11 is 0. The summed E-state index contributed by atoms with van der Waals surface area (Å²) in [6, 6.07) is 26.5. The number of imide groups is 1. The van der Waals surface area contributed by atoms with Gasteiger partial charge in [0.1, 0.15) is 5.92 Å². The molecule has 0 saturated carbocycles. The lowest BCUT2D eigenvalue weighted by molar-refractivity contribution is -0.126. The van der Waals surface area contributed by atoms with Crippen LogP contribution in [0.2, 0.25) is 0 Å². The van der Waals surface area contributed by atoms with Gasteiger partial charge in [0.15, 0.2) is 6.10 Å². The van der Waals surface area contributed by atoms with Gasteiger partial charge in [-0.25, -0.2) is 9.96 Å². The smallest absolute Gasteiger partial charge is 0.266 e. The Bertz CT molecular complexity index is 1130. The van der Waals surface area contributed by atoms with Crippen molar-refractivity contribution >= 4 is 28.9 Å². The molecule has 6 heteroatoms. The summed E-state index contributed by atoms with van der Waals surface area (Å²) in [6.45, 7) is 6.10. The zero-order valence-corrected chi connectivity index (χ0v) is 18.8. The van der Waals surface area contributed by atoms with Crippen LogP contribution in [0.1, 0.15) is 25.5 Å². The standard InChI is InChI=1S/C27H27N3O3/c1-3-28(4-2)20-17-15-19(16-18-20)24-23-25(33-30(24)22-13-9-6-10-14-22)27(32)29(26(23)31)21-11-7-5-8-12-21/h5-18,23-25H,3-4H2,1-2H3/t23-,24+,25+/m1/s1. The maximum atomic E-state index is 13.6. The van der Waals surface area contributed by atoms with Gasteiger partial charge in [0, 0.05) is 18.8 Å². The maximum Gasteiger partial charge on any atom is 0.266 e. The number of hydrogen-bond donors (Lipinski definition) is 0. The molecule has 2 fully saturated rings. The molecule has 6 nitrogen and oxygen atoms in total. The first kappa shape index (κ1) is 21.2. The Morgan fingerprint density at radius 1 is 0.758 bits per heavy atom. The molecule has 0 aromatic heterocycles. The second-order valence-corrected chi connectivity index (χ2v) is 8.27. The monoisotopic (exact) mass is 441 g/mol. The van der Waals surface area contributed by atoms with Crippen LogP contribution in [0.15, 0.2) is 84.9 Å². The Labute approximate surface area is 193 Å². The molecule has 0 bridgehead atoms. The van der Waals surface area contributed by atoms with Crippen LogP contribution in [0.3, 0.4) is 0 Å². The summed E-state index contributed by atoms with van der Waals surface area (Å²) in [7, 11) is 0. The van der Waals surface area contributed by atoms with Crippen LogP contribution in [0.25, 0.3) is 0 Å². The third-order valence-corrected chi connectivity index (χ3v) is 6.50. The highest BCUT2D eigenvalue weighted by molar-refractivity contribution is 6.23. The molecule has 2 heterocycles. The minimum absolute atomic E-state index is 0.229. The van der Waals surface area contributed by atoms with Gasteiger partial charge >= 0.3 is 0 Å². The number of carbonyl (C=O) groups is 2. The van der Waals surface area contributed by atoms with Crippen molar-refractivity contribution in [1.82, 2.24) is 0 Å². The Morgan fingerprint density at radius 2 is 1.33 bits per heavy atom. The van der Waals surface area contributed by atoms with Crippen LogP contribution in [-0.2, 0) is 14.4 Å². The average molecular weight is 442 g/mol. The molecule has 0 N–H and O–H groups in total. The maximum absolute atomic E-state index is 13.6. The van der Waals surface area contributed by atoms with Crippen LogP contribution in [-0.4, -0.2) is 31.0 Å². The largest absolute Gasteiger partial charge is 0.372 e. The number of benzene rings is 3. The molecule has 2 amide bonds. The van der Waals surface area contributed by atoms with Gasteiger partial charge in [-0.15, -0.1) is 0 Å². The molecule has 0 aliphatic carbocycles. The van der Waals surface area contributed by atoms with Gasteiger partial charge in [0.2, 0.25) is 5.91 Å². The fourth-order valence-corrected chi connectivity index (χ4v) is 4.85. The van der Waals surface area contributed by atoms with Crippen molar-refractivity contribution in [3.63, 3.8) is 0 Å². The molecule has 33 heavy (non-hydrogen) atoms. The van der Waals surface area contributed by atoms with Gasteiger partial charge < -0.3 is 4.90 Å². The first-order chi connectivity index (χ1) is 16.1. The zero-order chi connectivity index (χ0) is 22.9. The Morgan fingerprint density at radius 3 is 1.91 bits per heavy atom. The third kappa shape index (κ3) is 3.56. The number of anilines is 3. The van der Waals surface area contributed by atoms with E-state index < -0.39 is 18.1 Å². The summed E-state index contributed by atoms with van der Waals surface area (Å²) in [6.07, 6.45) is -0.856. The van der Waals surface area contributed by atoms with E-state index in [0.29, 0.717) is 5.69 Å². The van der Waals surface area contributed by atoms with Crippen molar-refractivity contribution in [3.05, 3.63) is 90.5 Å². The van der Waals surface area contributed by atoms with E-state index in [1.807, 2.05) is 60.7 Å². The fraction of sp³-hybridized carbons (Fsp3) is 0.259. The number of hydroxylamine groups is 1. The summed E-state index contributed by atoms with van der Waals surface area (Å²) in [4.78, 5) is 36.7. The van der Waals surface area contributed by atoms with E-state index in [0.717, 1.165) is 30.0 Å². The van der Waals surface area contributed by atoms with Crippen LogP contribution >= 0.6 is 0 Å². The molecule has 3 aromatic carbocycles. The van der Waals surface area contributed by atoms with Gasteiger partial charge in [0.25, 0.3) is 5.91 Å². The van der Waals surface area contributed by atoms with Gasteiger partial charge in [-0.2, -0.15) is 0 Å². The van der Waals surface area contributed by atoms with Gasteiger partial charge in [-0.1, -0.05) is 48.5 Å². The summed E-state index contributed by atoms with van der Waals surface area (Å²) in [5, 5.41) is 1.74. The highest BCUT2D eigenvalue weighted by Gasteiger charge is 2.60. The molecule has 0 spiro atoms. The predicted octanol–water partition coefficient (Wildman–Crippen LogP) is 4.58. The van der Waals surface area contributed by atoms with Crippen LogP contribution in [0.4, 0.5) is 17.1 Å². The quantitative estimate of drug-likeness (QED) is 0.524. The fourth-order valence-electron chi connectivity index (χ4n) is 4.85. The molecule has 0 radical (unpaired) electrons. The van der Waals surface area contributed by atoms with Crippen LogP contribution in [0, 0.1) is 5.92 Å². The Balaban J connectivity index is 1.55. The van der Waals surface area contributed by atoms with Gasteiger partial charge in [-0.3, -0.25) is 14.4 Å². The molecule has 3 atom stereocenters. The van der Waals surface area contributed by atoms with Crippen LogP contribution in [0.5, 0.6) is 0 Å². The topological polar surface area (TPSA) is 53.1 Å². The van der Waals surface area contributed by atoms with E-state index in [1.54, 1.807) is 17.2 Å². The molecule has 3 aromatic rings. The summed E-state index contributed by atoms with van der Waals surface area (Å²) in [5.41, 5.74) is 3.47. The average Bonchev–Trinajstić information content (AvgIpc) is 3.37. The lowest BCUT2D eigenvalue weighted by Crippen LogP contribution is -2.37. The SMILES string of the molecule is CCN(CC)c1ccc([C@H]2[C@H]3C(=O)N(c4ccccc4)C(=O)[C@H]3ON2c2ccccc2)cc1. The molecule has 168 valence electrons. The molecule has 5 rings (SSSR count). The third-order valence-electron chi connectivity index (χ3n) is 6.50. The molecular formula is C27H27N3O3. The number of fused-ring (bicyclic) bond motifs is 1. The van der Waals surface area contributed by atoms with E-state index in [1.165, 1.54) is 4.90 Å². The first-order valence-corrected chi connectivity index (χ1v) is 11.4. The predicted molar refractivity (Wildman–Crippen MR) is 129 cm³/mol. The van der Waals surface area contributed by atoms with Crippen LogP contribution < -0.4 is 14.9 Å². The Hall–Kier alpha value is -3.64. The van der Waals surface area contributed by atoms with E-state index >= 15 is 0 Å². The molecule has 2 aliphatic heterocycles. The summed E-state index contributed by atoms with van der Waals surface area (Å²) < 4.78 is 0. The number of carbonyl (C=O) groups excluding carboxylic acids is 2. The molecular weight excluding hydrogens is 414 g/mol. The van der Waals surface area contributed by atoms with E-state index in [4.69, 9.17) is 4.84 Å². The Kier molecular flexibility index (Phi) is 5.60. The lowest BCUT2D eigenvalue weighted by Gasteiger charge is -2.29.